The largest absolute Gasteiger partial charge is 0.376 e. The summed E-state index contributed by atoms with van der Waals surface area (Å²) in [6.07, 6.45) is 3.99. The maximum Gasteiger partial charge on any atom is 0.0778 e. The van der Waals surface area contributed by atoms with Gasteiger partial charge in [0.2, 0.25) is 0 Å². The van der Waals surface area contributed by atoms with Crippen molar-refractivity contribution in [1.29, 1.82) is 0 Å². The Morgan fingerprint density at radius 2 is 2.41 bits per heavy atom. The minimum Gasteiger partial charge on any atom is -0.376 e. The standard InChI is InChI=1S/C13H20BrNOS/c1-3-15-12(11-6-4-5-7-16-11)13-10(14)8-9(2)17-13/h8,11-12,15H,3-7H2,1-2H3. The van der Waals surface area contributed by atoms with Gasteiger partial charge in [-0.05, 0) is 54.7 Å². The third-order valence-corrected chi connectivity index (χ3v) is 5.18. The van der Waals surface area contributed by atoms with Crippen LogP contribution in [0.4, 0.5) is 0 Å². The van der Waals surface area contributed by atoms with Crippen LogP contribution in [0.5, 0.6) is 0 Å². The van der Waals surface area contributed by atoms with Crippen LogP contribution >= 0.6 is 27.3 Å². The Balaban J connectivity index is 2.18. The molecular formula is C13H20BrNOS. The summed E-state index contributed by atoms with van der Waals surface area (Å²) >= 11 is 5.54. The predicted molar refractivity (Wildman–Crippen MR) is 76.8 cm³/mol. The summed E-state index contributed by atoms with van der Waals surface area (Å²) in [5.41, 5.74) is 0. The van der Waals surface area contributed by atoms with Crippen molar-refractivity contribution in [2.75, 3.05) is 13.2 Å². The summed E-state index contributed by atoms with van der Waals surface area (Å²) in [4.78, 5) is 2.74. The Hall–Kier alpha value is 0.1000. The average molecular weight is 318 g/mol. The zero-order valence-corrected chi connectivity index (χ0v) is 12.9. The molecule has 1 aromatic heterocycles. The van der Waals surface area contributed by atoms with Crippen LogP contribution in [-0.2, 0) is 4.74 Å². The van der Waals surface area contributed by atoms with Crippen LogP contribution in [0.3, 0.4) is 0 Å². The zero-order chi connectivity index (χ0) is 12.3. The molecule has 0 spiro atoms. The highest BCUT2D eigenvalue weighted by atomic mass is 79.9. The highest BCUT2D eigenvalue weighted by molar-refractivity contribution is 9.10. The molecule has 0 bridgehead atoms. The van der Waals surface area contributed by atoms with Gasteiger partial charge < -0.3 is 10.1 Å². The smallest absolute Gasteiger partial charge is 0.0778 e. The summed E-state index contributed by atoms with van der Waals surface area (Å²) in [6, 6.07) is 2.54. The molecule has 2 rings (SSSR count). The molecule has 2 nitrogen and oxygen atoms in total. The SMILES string of the molecule is CCNC(c1sc(C)cc1Br)C1CCCCO1. The molecule has 0 aromatic carbocycles. The number of thiophene rings is 1. The first kappa shape index (κ1) is 13.5. The quantitative estimate of drug-likeness (QED) is 0.905. The molecule has 0 aliphatic carbocycles. The van der Waals surface area contributed by atoms with Gasteiger partial charge in [-0.25, -0.2) is 0 Å². The van der Waals surface area contributed by atoms with Crippen molar-refractivity contribution in [3.05, 3.63) is 20.3 Å². The molecule has 0 radical (unpaired) electrons. The molecule has 2 atom stereocenters. The fourth-order valence-corrected chi connectivity index (χ4v) is 4.38. The topological polar surface area (TPSA) is 21.3 Å². The lowest BCUT2D eigenvalue weighted by Gasteiger charge is -2.30. The number of likely N-dealkylation sites (N-methyl/N-ethyl adjacent to an activating group) is 1. The summed E-state index contributed by atoms with van der Waals surface area (Å²) in [5, 5.41) is 3.58. The van der Waals surface area contributed by atoms with Crippen LogP contribution in [0.1, 0.15) is 42.0 Å². The van der Waals surface area contributed by atoms with Gasteiger partial charge in [-0.3, -0.25) is 0 Å². The molecule has 1 N–H and O–H groups in total. The van der Waals surface area contributed by atoms with Crippen molar-refractivity contribution in [1.82, 2.24) is 5.32 Å². The van der Waals surface area contributed by atoms with Crippen LogP contribution in [-0.4, -0.2) is 19.3 Å². The van der Waals surface area contributed by atoms with Crippen LogP contribution in [0.25, 0.3) is 0 Å². The van der Waals surface area contributed by atoms with E-state index >= 15 is 0 Å². The van der Waals surface area contributed by atoms with E-state index in [1.165, 1.54) is 33.5 Å². The number of hydrogen-bond donors (Lipinski definition) is 1. The van der Waals surface area contributed by atoms with E-state index in [4.69, 9.17) is 4.74 Å². The van der Waals surface area contributed by atoms with Gasteiger partial charge in [-0.2, -0.15) is 0 Å². The normalized spacial score (nSPS) is 22.6. The van der Waals surface area contributed by atoms with Crippen LogP contribution in [0, 0.1) is 6.92 Å². The van der Waals surface area contributed by atoms with Crippen molar-refractivity contribution in [2.24, 2.45) is 0 Å². The molecule has 0 saturated carbocycles. The van der Waals surface area contributed by atoms with Crippen LogP contribution in [0.2, 0.25) is 0 Å². The molecule has 1 aliphatic heterocycles. The molecule has 2 heterocycles. The Bertz CT molecular complexity index is 360. The molecule has 2 unspecified atom stereocenters. The van der Waals surface area contributed by atoms with E-state index in [9.17, 15) is 0 Å². The van der Waals surface area contributed by atoms with E-state index in [-0.39, 0.29) is 0 Å². The van der Waals surface area contributed by atoms with Crippen molar-refractivity contribution in [3.8, 4) is 0 Å². The Morgan fingerprint density at radius 3 is 2.94 bits per heavy atom. The van der Waals surface area contributed by atoms with Gasteiger partial charge in [-0.1, -0.05) is 6.92 Å². The van der Waals surface area contributed by atoms with Gasteiger partial charge in [0.1, 0.15) is 0 Å². The molecule has 1 fully saturated rings. The lowest BCUT2D eigenvalue weighted by Crippen LogP contribution is -2.35. The van der Waals surface area contributed by atoms with Crippen molar-refractivity contribution in [3.63, 3.8) is 0 Å². The highest BCUT2D eigenvalue weighted by Gasteiger charge is 2.28. The van der Waals surface area contributed by atoms with E-state index in [0.717, 1.165) is 13.2 Å². The van der Waals surface area contributed by atoms with Gasteiger partial charge in [0.15, 0.2) is 0 Å². The van der Waals surface area contributed by atoms with Gasteiger partial charge in [0.25, 0.3) is 0 Å². The Kier molecular flexibility index (Phi) is 5.03. The van der Waals surface area contributed by atoms with Gasteiger partial charge in [0, 0.05) is 20.8 Å². The number of aryl methyl sites for hydroxylation is 1. The van der Waals surface area contributed by atoms with Gasteiger partial charge >= 0.3 is 0 Å². The summed E-state index contributed by atoms with van der Waals surface area (Å²) in [6.45, 7) is 6.20. The maximum absolute atomic E-state index is 5.93. The molecule has 96 valence electrons. The molecule has 17 heavy (non-hydrogen) atoms. The number of rotatable bonds is 4. The lowest BCUT2D eigenvalue weighted by atomic mass is 10.0. The minimum absolute atomic E-state index is 0.332. The second-order valence-electron chi connectivity index (χ2n) is 4.51. The average Bonchev–Trinajstić information content (AvgIpc) is 2.66. The van der Waals surface area contributed by atoms with Crippen LogP contribution < -0.4 is 5.32 Å². The monoisotopic (exact) mass is 317 g/mol. The van der Waals surface area contributed by atoms with E-state index in [0.29, 0.717) is 12.1 Å². The second-order valence-corrected chi connectivity index (χ2v) is 6.65. The van der Waals surface area contributed by atoms with E-state index in [1.54, 1.807) is 0 Å². The van der Waals surface area contributed by atoms with Crippen molar-refractivity contribution in [2.45, 2.75) is 45.3 Å². The number of ether oxygens (including phenoxy) is 1. The predicted octanol–water partition coefficient (Wildman–Crippen LogP) is 4.04. The number of halogens is 1. The second kappa shape index (κ2) is 6.32. The third kappa shape index (κ3) is 3.31. The van der Waals surface area contributed by atoms with E-state index in [2.05, 4.69) is 41.2 Å². The Labute approximate surface area is 116 Å². The molecule has 0 amide bonds. The molecule has 1 aliphatic rings. The lowest BCUT2D eigenvalue weighted by molar-refractivity contribution is -0.00725. The first-order valence-corrected chi connectivity index (χ1v) is 7.94. The van der Waals surface area contributed by atoms with E-state index in [1.807, 2.05) is 11.3 Å². The van der Waals surface area contributed by atoms with Crippen LogP contribution in [0.15, 0.2) is 10.5 Å². The van der Waals surface area contributed by atoms with Gasteiger partial charge in [-0.15, -0.1) is 11.3 Å². The number of hydrogen-bond acceptors (Lipinski definition) is 3. The van der Waals surface area contributed by atoms with Crippen molar-refractivity contribution >= 4 is 27.3 Å². The highest BCUT2D eigenvalue weighted by Crippen LogP contribution is 2.36. The third-order valence-electron chi connectivity index (χ3n) is 3.13. The van der Waals surface area contributed by atoms with Gasteiger partial charge in [0.05, 0.1) is 12.1 Å². The number of nitrogens with one attached hydrogen (secondary N) is 1. The molecule has 1 saturated heterocycles. The van der Waals surface area contributed by atoms with Crippen molar-refractivity contribution < 1.29 is 4.74 Å². The first-order chi connectivity index (χ1) is 8.22. The zero-order valence-electron chi connectivity index (χ0n) is 10.5. The molecular weight excluding hydrogens is 298 g/mol. The summed E-state index contributed by atoms with van der Waals surface area (Å²) in [5.74, 6) is 0. The fourth-order valence-electron chi connectivity index (χ4n) is 2.35. The first-order valence-electron chi connectivity index (χ1n) is 6.33. The fraction of sp³-hybridized carbons (Fsp3) is 0.692. The molecule has 1 aromatic rings. The van der Waals surface area contributed by atoms with E-state index < -0.39 is 0 Å². The minimum atomic E-state index is 0.332. The summed E-state index contributed by atoms with van der Waals surface area (Å²) in [7, 11) is 0. The maximum atomic E-state index is 5.93. The molecule has 4 heteroatoms. The summed E-state index contributed by atoms with van der Waals surface area (Å²) < 4.78 is 7.16. The Morgan fingerprint density at radius 1 is 1.59 bits per heavy atom.